The van der Waals surface area contributed by atoms with Gasteiger partial charge in [-0.15, -0.1) is 0 Å². The molecule has 0 aromatic heterocycles. The first-order chi connectivity index (χ1) is 19.2. The Hall–Kier alpha value is -4.52. The van der Waals surface area contributed by atoms with Crippen molar-refractivity contribution in [2.75, 3.05) is 31.2 Å². The van der Waals surface area contributed by atoms with Gasteiger partial charge in [0.1, 0.15) is 5.75 Å². The molecule has 1 amide bonds. The Morgan fingerprint density at radius 1 is 1.20 bits per heavy atom. The van der Waals surface area contributed by atoms with Gasteiger partial charge in [-0.1, -0.05) is 18.2 Å². The highest BCUT2D eigenvalue weighted by molar-refractivity contribution is 7.80. The van der Waals surface area contributed by atoms with Gasteiger partial charge in [0.25, 0.3) is 11.6 Å². The highest BCUT2D eigenvalue weighted by Gasteiger charge is 2.32. The predicted octanol–water partition coefficient (Wildman–Crippen LogP) is 3.33. The molecular formula is C27H32N6O6S. The number of nitro benzene ring substituents is 1. The summed E-state index contributed by atoms with van der Waals surface area (Å²) in [6.07, 6.45) is 1.37. The van der Waals surface area contributed by atoms with Gasteiger partial charge >= 0.3 is 5.97 Å². The minimum atomic E-state index is -0.655. The van der Waals surface area contributed by atoms with Gasteiger partial charge in [0.2, 0.25) is 0 Å². The number of esters is 1. The van der Waals surface area contributed by atoms with Crippen molar-refractivity contribution in [3.8, 4) is 5.75 Å². The molecular weight excluding hydrogens is 536 g/mol. The number of hydrazone groups is 1. The Balaban J connectivity index is 1.75. The van der Waals surface area contributed by atoms with Gasteiger partial charge < -0.3 is 25.0 Å². The van der Waals surface area contributed by atoms with Gasteiger partial charge in [-0.3, -0.25) is 14.9 Å². The molecule has 212 valence electrons. The molecule has 40 heavy (non-hydrogen) atoms. The van der Waals surface area contributed by atoms with Gasteiger partial charge in [0.05, 0.1) is 29.4 Å². The number of non-ortho nitro benzene ring substituents is 1. The summed E-state index contributed by atoms with van der Waals surface area (Å²) >= 11 is 5.29. The smallest absolute Gasteiger partial charge is 0.338 e. The van der Waals surface area contributed by atoms with E-state index < -0.39 is 22.8 Å². The number of carbonyl (C=O) groups excluding carboxylic acids is 2. The molecule has 1 aliphatic rings. The third-order valence-electron chi connectivity index (χ3n) is 6.07. The van der Waals surface area contributed by atoms with Crippen LogP contribution >= 0.6 is 12.2 Å². The van der Waals surface area contributed by atoms with E-state index in [1.54, 1.807) is 44.2 Å². The summed E-state index contributed by atoms with van der Waals surface area (Å²) < 4.78 is 11.0. The molecule has 13 heteroatoms. The number of hydrogen-bond acceptors (Lipinski definition) is 9. The first-order valence-corrected chi connectivity index (χ1v) is 13.1. The molecule has 2 aromatic carbocycles. The second kappa shape index (κ2) is 14.0. The molecule has 0 spiro atoms. The fourth-order valence-corrected chi connectivity index (χ4v) is 4.49. The molecule has 2 aromatic rings. The van der Waals surface area contributed by atoms with Gasteiger partial charge in [-0.25, -0.2) is 10.2 Å². The zero-order valence-corrected chi connectivity index (χ0v) is 23.5. The molecule has 0 fully saturated rings. The quantitative estimate of drug-likeness (QED) is 0.114. The van der Waals surface area contributed by atoms with Gasteiger partial charge in [0.15, 0.2) is 11.7 Å². The van der Waals surface area contributed by atoms with E-state index in [1.165, 1.54) is 18.3 Å². The van der Waals surface area contributed by atoms with E-state index in [2.05, 4.69) is 21.2 Å². The topological polar surface area (TPSA) is 147 Å². The molecule has 0 bridgehead atoms. The molecule has 0 aliphatic carbocycles. The lowest BCUT2D eigenvalue weighted by Crippen LogP contribution is -2.45. The van der Waals surface area contributed by atoms with Crippen molar-refractivity contribution in [3.05, 3.63) is 75.0 Å². The number of para-hydroxylation sites is 1. The maximum atomic E-state index is 12.7. The SMILES string of the molecule is CCOC(=O)C1=C(C)NC(=S)N[C@H]1c1ccccc1OCC(=O)NN=Cc1cc([N+](=O)[O-])ccc1N(CC)CC. The standard InChI is InChI=1S/C27H32N6O6S/c1-5-32(6-2)21-13-12-19(33(36)37)14-18(21)15-28-31-23(34)16-39-22-11-9-8-10-20(22)25-24(26(35)38-7-3)17(4)29-27(40)30-25/h8-15,25H,5-7,16H2,1-4H3,(H,31,34)(H2,29,30,40)/t25-/m0/s1. The van der Waals surface area contributed by atoms with Crippen molar-refractivity contribution < 1.29 is 24.0 Å². The van der Waals surface area contributed by atoms with Crippen LogP contribution in [0.2, 0.25) is 0 Å². The zero-order valence-electron chi connectivity index (χ0n) is 22.7. The second-order valence-corrected chi connectivity index (χ2v) is 8.99. The molecule has 1 atom stereocenters. The van der Waals surface area contributed by atoms with E-state index in [0.717, 1.165) is 5.69 Å². The summed E-state index contributed by atoms with van der Waals surface area (Å²) in [4.78, 5) is 38.1. The van der Waals surface area contributed by atoms with Crippen molar-refractivity contribution in [1.82, 2.24) is 16.1 Å². The third-order valence-corrected chi connectivity index (χ3v) is 6.29. The molecule has 3 rings (SSSR count). The van der Waals surface area contributed by atoms with E-state index >= 15 is 0 Å². The lowest BCUT2D eigenvalue weighted by molar-refractivity contribution is -0.384. The van der Waals surface area contributed by atoms with Crippen LogP contribution in [0.3, 0.4) is 0 Å². The van der Waals surface area contributed by atoms with Crippen LogP contribution in [0.1, 0.15) is 44.9 Å². The Kier molecular flexibility index (Phi) is 10.5. The highest BCUT2D eigenvalue weighted by atomic mass is 32.1. The molecule has 3 N–H and O–H groups in total. The third kappa shape index (κ3) is 7.32. The van der Waals surface area contributed by atoms with E-state index in [1.807, 2.05) is 18.7 Å². The number of nitrogens with one attached hydrogen (secondary N) is 3. The minimum absolute atomic E-state index is 0.0823. The monoisotopic (exact) mass is 568 g/mol. The second-order valence-electron chi connectivity index (χ2n) is 8.58. The largest absolute Gasteiger partial charge is 0.483 e. The molecule has 1 heterocycles. The average molecular weight is 569 g/mol. The predicted molar refractivity (Wildman–Crippen MR) is 155 cm³/mol. The van der Waals surface area contributed by atoms with Crippen molar-refractivity contribution in [2.45, 2.75) is 33.7 Å². The van der Waals surface area contributed by atoms with Crippen LogP contribution in [0.4, 0.5) is 11.4 Å². The fourth-order valence-electron chi connectivity index (χ4n) is 4.22. The van der Waals surface area contributed by atoms with Crippen LogP contribution < -0.4 is 25.7 Å². The Morgan fingerprint density at radius 2 is 1.93 bits per heavy atom. The van der Waals surface area contributed by atoms with Crippen molar-refractivity contribution >= 4 is 46.8 Å². The zero-order chi connectivity index (χ0) is 29.2. The van der Waals surface area contributed by atoms with E-state index in [9.17, 15) is 19.7 Å². The number of rotatable bonds is 12. The Morgan fingerprint density at radius 3 is 2.60 bits per heavy atom. The average Bonchev–Trinajstić information content (AvgIpc) is 2.93. The van der Waals surface area contributed by atoms with E-state index in [-0.39, 0.29) is 18.9 Å². The minimum Gasteiger partial charge on any atom is -0.483 e. The van der Waals surface area contributed by atoms with Crippen LogP contribution in [0, 0.1) is 10.1 Å². The summed E-state index contributed by atoms with van der Waals surface area (Å²) in [5.74, 6) is -0.687. The fraction of sp³-hybridized carbons (Fsp3) is 0.333. The van der Waals surface area contributed by atoms with Crippen molar-refractivity contribution in [2.24, 2.45) is 5.10 Å². The van der Waals surface area contributed by atoms with Crippen LogP contribution in [0.5, 0.6) is 5.75 Å². The van der Waals surface area contributed by atoms with Crippen LogP contribution in [0.25, 0.3) is 0 Å². The van der Waals surface area contributed by atoms with Crippen molar-refractivity contribution in [3.63, 3.8) is 0 Å². The number of amides is 1. The number of benzene rings is 2. The van der Waals surface area contributed by atoms with Gasteiger partial charge in [-0.05, 0) is 52.0 Å². The maximum absolute atomic E-state index is 12.7. The van der Waals surface area contributed by atoms with E-state index in [0.29, 0.717) is 46.3 Å². The van der Waals surface area contributed by atoms with Crippen LogP contribution in [-0.4, -0.2) is 54.4 Å². The number of ether oxygens (including phenoxy) is 2. The molecule has 1 aliphatic heterocycles. The molecule has 0 saturated heterocycles. The summed E-state index contributed by atoms with van der Waals surface area (Å²) in [5, 5.41) is 21.6. The van der Waals surface area contributed by atoms with Crippen LogP contribution in [0.15, 0.2) is 58.8 Å². The van der Waals surface area contributed by atoms with E-state index in [4.69, 9.17) is 21.7 Å². The normalized spacial score (nSPS) is 14.8. The highest BCUT2D eigenvalue weighted by Crippen LogP contribution is 2.33. The number of hydrogen-bond donors (Lipinski definition) is 3. The van der Waals surface area contributed by atoms with Crippen molar-refractivity contribution in [1.29, 1.82) is 0 Å². The number of nitro groups is 1. The summed E-state index contributed by atoms with van der Waals surface area (Å²) in [5.41, 5.74) is 5.05. The Labute approximate surface area is 237 Å². The molecule has 0 saturated carbocycles. The molecule has 12 nitrogen and oxygen atoms in total. The Bertz CT molecular complexity index is 1340. The van der Waals surface area contributed by atoms with Gasteiger partial charge in [-0.2, -0.15) is 5.10 Å². The number of anilines is 1. The lowest BCUT2D eigenvalue weighted by atomic mass is 9.95. The summed E-state index contributed by atoms with van der Waals surface area (Å²) in [6.45, 7) is 8.62. The summed E-state index contributed by atoms with van der Waals surface area (Å²) in [7, 11) is 0. The maximum Gasteiger partial charge on any atom is 0.338 e. The number of nitrogens with zero attached hydrogens (tertiary/aromatic N) is 3. The lowest BCUT2D eigenvalue weighted by Gasteiger charge is -2.30. The first-order valence-electron chi connectivity index (χ1n) is 12.7. The van der Waals surface area contributed by atoms with Gasteiger partial charge in [0, 0.05) is 47.7 Å². The number of carbonyl (C=O) groups is 2. The molecule has 0 unspecified atom stereocenters. The molecule has 0 radical (unpaired) electrons. The summed E-state index contributed by atoms with van der Waals surface area (Å²) in [6, 6.07) is 10.8. The first kappa shape index (κ1) is 30.0. The van der Waals surface area contributed by atoms with Crippen LogP contribution in [-0.2, 0) is 14.3 Å². The number of thiocarbonyl (C=S) groups is 1. The number of allylic oxidation sites excluding steroid dienone is 1.